The maximum atomic E-state index is 13.2. The highest BCUT2D eigenvalue weighted by molar-refractivity contribution is 6.07. The van der Waals surface area contributed by atoms with Gasteiger partial charge in [0.25, 0.3) is 11.8 Å². The van der Waals surface area contributed by atoms with Crippen molar-refractivity contribution >= 4 is 23.5 Å². The summed E-state index contributed by atoms with van der Waals surface area (Å²) in [7, 11) is 0. The Morgan fingerprint density at radius 1 is 1.06 bits per heavy atom. The van der Waals surface area contributed by atoms with Gasteiger partial charge < -0.3 is 15.1 Å². The normalized spacial score (nSPS) is 24.2. The van der Waals surface area contributed by atoms with Crippen molar-refractivity contribution in [3.63, 3.8) is 0 Å². The van der Waals surface area contributed by atoms with Gasteiger partial charge in [-0.2, -0.15) is 0 Å². The van der Waals surface area contributed by atoms with Crippen molar-refractivity contribution in [3.05, 3.63) is 42.0 Å². The molecule has 178 valence electrons. The largest absolute Gasteiger partial charge is 0.372 e. The first-order valence-electron chi connectivity index (χ1n) is 12.3. The summed E-state index contributed by atoms with van der Waals surface area (Å²) in [4.78, 5) is 44.4. The van der Waals surface area contributed by atoms with Crippen molar-refractivity contribution in [2.75, 3.05) is 37.6 Å². The molecule has 4 amide bonds. The van der Waals surface area contributed by atoms with Crippen LogP contribution in [0.3, 0.4) is 0 Å². The summed E-state index contributed by atoms with van der Waals surface area (Å²) in [6.07, 6.45) is 5.67. The van der Waals surface area contributed by atoms with Crippen molar-refractivity contribution in [2.45, 2.75) is 57.9 Å². The van der Waals surface area contributed by atoms with Crippen LogP contribution in [-0.4, -0.2) is 65.9 Å². The Morgan fingerprint density at radius 2 is 1.70 bits per heavy atom. The molecule has 4 rings (SSSR count). The standard InChI is InChI=1S/C26H36N4O3/c1-4-26(24(32)30(18-19(2)3)25(33)27-26)21-12-16-29(17-13-21)23(31)20-8-10-22(11-9-20)28-14-6-5-7-15-28/h8-11,21H,2,4-7,12-18H2,1,3H3,(H,27,33)/t26-/m1/s1. The molecule has 0 spiro atoms. The predicted octanol–water partition coefficient (Wildman–Crippen LogP) is 3.81. The molecule has 1 aromatic carbocycles. The Kier molecular flexibility index (Phi) is 6.77. The van der Waals surface area contributed by atoms with Crippen LogP contribution in [0.2, 0.25) is 0 Å². The number of imide groups is 1. The molecule has 3 fully saturated rings. The fourth-order valence-electron chi connectivity index (χ4n) is 5.59. The van der Waals surface area contributed by atoms with E-state index in [9.17, 15) is 14.4 Å². The summed E-state index contributed by atoms with van der Waals surface area (Å²) in [5.74, 6) is -0.106. The van der Waals surface area contributed by atoms with Gasteiger partial charge in [-0.25, -0.2) is 4.79 Å². The Morgan fingerprint density at radius 3 is 2.27 bits per heavy atom. The number of hydrogen-bond donors (Lipinski definition) is 1. The molecular weight excluding hydrogens is 416 g/mol. The van der Waals surface area contributed by atoms with E-state index in [1.807, 2.05) is 30.9 Å². The molecule has 0 radical (unpaired) electrons. The van der Waals surface area contributed by atoms with E-state index in [0.717, 1.165) is 18.7 Å². The van der Waals surface area contributed by atoms with Crippen LogP contribution in [0.5, 0.6) is 0 Å². The van der Waals surface area contributed by atoms with Gasteiger partial charge in [0.1, 0.15) is 5.54 Å². The lowest BCUT2D eigenvalue weighted by molar-refractivity contribution is -0.133. The number of amides is 4. The van der Waals surface area contributed by atoms with Crippen LogP contribution in [0, 0.1) is 5.92 Å². The highest BCUT2D eigenvalue weighted by Gasteiger charge is 2.54. The number of carbonyl (C=O) groups is 3. The SMILES string of the molecule is C=C(C)CN1C(=O)N[C@](CC)(C2CCN(C(=O)c3ccc(N4CCCCC4)cc3)CC2)C1=O. The van der Waals surface area contributed by atoms with Crippen LogP contribution in [0.15, 0.2) is 36.4 Å². The molecule has 1 N–H and O–H groups in total. The van der Waals surface area contributed by atoms with Gasteiger partial charge >= 0.3 is 6.03 Å². The van der Waals surface area contributed by atoms with Crippen molar-refractivity contribution in [1.29, 1.82) is 0 Å². The van der Waals surface area contributed by atoms with Gasteiger partial charge in [0.05, 0.1) is 6.54 Å². The molecule has 3 aliphatic rings. The number of rotatable bonds is 6. The summed E-state index contributed by atoms with van der Waals surface area (Å²) in [6, 6.07) is 7.64. The van der Waals surface area contributed by atoms with Crippen LogP contribution < -0.4 is 10.2 Å². The second-order valence-corrected chi connectivity index (χ2v) is 9.76. The summed E-state index contributed by atoms with van der Waals surface area (Å²) < 4.78 is 0. The van der Waals surface area contributed by atoms with Gasteiger partial charge in [0.2, 0.25) is 0 Å². The minimum absolute atomic E-state index is 0.0135. The average Bonchev–Trinajstić information content (AvgIpc) is 3.09. The zero-order chi connectivity index (χ0) is 23.6. The highest BCUT2D eigenvalue weighted by atomic mass is 16.2. The van der Waals surface area contributed by atoms with E-state index >= 15 is 0 Å². The molecule has 0 saturated carbocycles. The quantitative estimate of drug-likeness (QED) is 0.526. The van der Waals surface area contributed by atoms with E-state index < -0.39 is 5.54 Å². The topological polar surface area (TPSA) is 73.0 Å². The van der Waals surface area contributed by atoms with Crippen LogP contribution >= 0.6 is 0 Å². The van der Waals surface area contributed by atoms with Gasteiger partial charge in [-0.15, -0.1) is 0 Å². The molecule has 1 aromatic rings. The van der Waals surface area contributed by atoms with Crippen LogP contribution in [-0.2, 0) is 4.79 Å². The first-order chi connectivity index (χ1) is 15.9. The zero-order valence-corrected chi connectivity index (χ0v) is 19.9. The lowest BCUT2D eigenvalue weighted by Gasteiger charge is -2.40. The molecule has 1 atom stereocenters. The third kappa shape index (κ3) is 4.50. The summed E-state index contributed by atoms with van der Waals surface area (Å²) in [6.45, 7) is 11.2. The van der Waals surface area contributed by atoms with Crippen molar-refractivity contribution < 1.29 is 14.4 Å². The number of likely N-dealkylation sites (tertiary alicyclic amines) is 1. The molecule has 3 saturated heterocycles. The molecule has 0 bridgehead atoms. The smallest absolute Gasteiger partial charge is 0.325 e. The van der Waals surface area contributed by atoms with Crippen LogP contribution in [0.4, 0.5) is 10.5 Å². The van der Waals surface area contributed by atoms with Crippen LogP contribution in [0.1, 0.15) is 62.7 Å². The zero-order valence-electron chi connectivity index (χ0n) is 19.9. The van der Waals surface area contributed by atoms with Crippen molar-refractivity contribution in [2.24, 2.45) is 5.92 Å². The van der Waals surface area contributed by atoms with E-state index in [-0.39, 0.29) is 30.3 Å². The number of piperidine rings is 2. The van der Waals surface area contributed by atoms with Crippen molar-refractivity contribution in [3.8, 4) is 0 Å². The Balaban J connectivity index is 1.39. The number of hydrogen-bond acceptors (Lipinski definition) is 4. The van der Waals surface area contributed by atoms with E-state index in [2.05, 4.69) is 28.9 Å². The van der Waals surface area contributed by atoms with E-state index in [1.165, 1.54) is 29.8 Å². The second-order valence-electron chi connectivity index (χ2n) is 9.76. The number of nitrogens with one attached hydrogen (secondary N) is 1. The van der Waals surface area contributed by atoms with E-state index in [0.29, 0.717) is 37.9 Å². The first-order valence-corrected chi connectivity index (χ1v) is 12.3. The highest BCUT2D eigenvalue weighted by Crippen LogP contribution is 2.36. The molecule has 3 aliphatic heterocycles. The summed E-state index contributed by atoms with van der Waals surface area (Å²) in [5.41, 5.74) is 1.79. The van der Waals surface area contributed by atoms with Crippen LogP contribution in [0.25, 0.3) is 0 Å². The number of urea groups is 1. The van der Waals surface area contributed by atoms with Gasteiger partial charge in [-0.1, -0.05) is 19.1 Å². The lowest BCUT2D eigenvalue weighted by atomic mass is 9.75. The molecule has 7 heteroatoms. The summed E-state index contributed by atoms with van der Waals surface area (Å²) in [5, 5.41) is 2.99. The minimum Gasteiger partial charge on any atom is -0.372 e. The molecule has 0 aliphatic carbocycles. The maximum absolute atomic E-state index is 13.2. The number of benzene rings is 1. The van der Waals surface area contributed by atoms with Gasteiger partial charge in [-0.3, -0.25) is 14.5 Å². The maximum Gasteiger partial charge on any atom is 0.325 e. The third-order valence-corrected chi connectivity index (χ3v) is 7.50. The first kappa shape index (κ1) is 23.3. The Bertz CT molecular complexity index is 914. The van der Waals surface area contributed by atoms with Gasteiger partial charge in [0.15, 0.2) is 0 Å². The molecular formula is C26H36N4O3. The Hall–Kier alpha value is -2.83. The molecule has 3 heterocycles. The minimum atomic E-state index is -0.877. The fraction of sp³-hybridized carbons (Fsp3) is 0.577. The summed E-state index contributed by atoms with van der Waals surface area (Å²) >= 11 is 0. The van der Waals surface area contributed by atoms with E-state index in [4.69, 9.17) is 0 Å². The lowest BCUT2D eigenvalue weighted by Crippen LogP contribution is -2.56. The van der Waals surface area contributed by atoms with E-state index in [1.54, 1.807) is 0 Å². The predicted molar refractivity (Wildman–Crippen MR) is 129 cm³/mol. The molecule has 0 unspecified atom stereocenters. The van der Waals surface area contributed by atoms with Gasteiger partial charge in [-0.05, 0) is 75.6 Å². The molecule has 0 aromatic heterocycles. The third-order valence-electron chi connectivity index (χ3n) is 7.50. The fourth-order valence-corrected chi connectivity index (χ4v) is 5.59. The number of nitrogens with zero attached hydrogens (tertiary/aromatic N) is 3. The number of carbonyl (C=O) groups excluding carboxylic acids is 3. The monoisotopic (exact) mass is 452 g/mol. The van der Waals surface area contributed by atoms with Gasteiger partial charge in [0, 0.05) is 37.4 Å². The number of anilines is 1. The molecule has 33 heavy (non-hydrogen) atoms. The average molecular weight is 453 g/mol. The van der Waals surface area contributed by atoms with Crippen molar-refractivity contribution in [1.82, 2.24) is 15.1 Å². The second kappa shape index (κ2) is 9.57. The Labute approximate surface area is 196 Å². The molecule has 7 nitrogen and oxygen atoms in total.